The Morgan fingerprint density at radius 3 is 2.25 bits per heavy atom. The fourth-order valence-electron chi connectivity index (χ4n) is 3.53. The minimum Gasteiger partial charge on any atom is -0.372 e. The summed E-state index contributed by atoms with van der Waals surface area (Å²) in [5.74, 6) is 0.838. The monoisotopic (exact) mass is 330 g/mol. The normalized spacial score (nSPS) is 20.8. The molecule has 0 radical (unpaired) electrons. The lowest BCUT2D eigenvalue weighted by Gasteiger charge is -2.32. The van der Waals surface area contributed by atoms with Gasteiger partial charge < -0.3 is 20.4 Å². The third-order valence-electron chi connectivity index (χ3n) is 5.33. The van der Waals surface area contributed by atoms with Crippen LogP contribution in [0.5, 0.6) is 0 Å². The number of hydrogen-bond donors (Lipinski definition) is 2. The van der Waals surface area contributed by atoms with E-state index >= 15 is 0 Å². The Balaban J connectivity index is 1.48. The number of amides is 2. The van der Waals surface area contributed by atoms with E-state index in [1.807, 2.05) is 12.1 Å². The van der Waals surface area contributed by atoms with Gasteiger partial charge in [0.1, 0.15) is 0 Å². The molecule has 0 spiro atoms. The van der Waals surface area contributed by atoms with Gasteiger partial charge in [-0.05, 0) is 76.0 Å². The molecular weight excluding hydrogens is 300 g/mol. The van der Waals surface area contributed by atoms with Gasteiger partial charge in [0.15, 0.2) is 0 Å². The molecule has 2 aliphatic rings. The van der Waals surface area contributed by atoms with Crippen LogP contribution in [0.2, 0.25) is 0 Å². The number of anilines is 2. The Morgan fingerprint density at radius 2 is 1.62 bits per heavy atom. The van der Waals surface area contributed by atoms with Gasteiger partial charge in [0, 0.05) is 30.5 Å². The van der Waals surface area contributed by atoms with Crippen molar-refractivity contribution in [2.75, 3.05) is 43.4 Å². The fraction of sp³-hybridized carbons (Fsp3) is 0.632. The first kappa shape index (κ1) is 17.1. The van der Waals surface area contributed by atoms with Gasteiger partial charge in [-0.15, -0.1) is 0 Å². The molecule has 0 aliphatic carbocycles. The molecule has 2 aliphatic heterocycles. The number of benzene rings is 1. The van der Waals surface area contributed by atoms with Gasteiger partial charge in [0.2, 0.25) is 0 Å². The van der Waals surface area contributed by atoms with Crippen molar-refractivity contribution in [2.24, 2.45) is 5.92 Å². The minimum atomic E-state index is -0.0934. The highest BCUT2D eigenvalue weighted by atomic mass is 16.2. The SMILES string of the molecule is CC1CCN(c2ccc(NC(=O)NC3CCN(C)CC3)cc2)CC1. The predicted octanol–water partition coefficient (Wildman–Crippen LogP) is 3.14. The average Bonchev–Trinajstić information content (AvgIpc) is 2.58. The van der Waals surface area contributed by atoms with E-state index in [-0.39, 0.29) is 12.1 Å². The molecule has 5 heteroatoms. The number of urea groups is 1. The summed E-state index contributed by atoms with van der Waals surface area (Å²) < 4.78 is 0. The maximum atomic E-state index is 12.1. The second-order valence-corrected chi connectivity index (χ2v) is 7.39. The lowest BCUT2D eigenvalue weighted by atomic mass is 9.99. The van der Waals surface area contributed by atoms with Gasteiger partial charge in [-0.2, -0.15) is 0 Å². The van der Waals surface area contributed by atoms with Crippen LogP contribution in [0.25, 0.3) is 0 Å². The number of piperidine rings is 2. The van der Waals surface area contributed by atoms with Crippen LogP contribution in [-0.4, -0.2) is 50.2 Å². The van der Waals surface area contributed by atoms with Crippen molar-refractivity contribution < 1.29 is 4.79 Å². The van der Waals surface area contributed by atoms with Crippen LogP contribution in [0.4, 0.5) is 16.2 Å². The summed E-state index contributed by atoms with van der Waals surface area (Å²) in [6.07, 6.45) is 4.57. The van der Waals surface area contributed by atoms with Gasteiger partial charge in [-0.1, -0.05) is 6.92 Å². The van der Waals surface area contributed by atoms with Crippen molar-refractivity contribution in [1.29, 1.82) is 0 Å². The van der Waals surface area contributed by atoms with E-state index in [0.717, 1.165) is 50.6 Å². The van der Waals surface area contributed by atoms with Crippen LogP contribution >= 0.6 is 0 Å². The molecule has 0 bridgehead atoms. The molecule has 1 aromatic carbocycles. The number of carbonyl (C=O) groups is 1. The molecule has 5 nitrogen and oxygen atoms in total. The van der Waals surface area contributed by atoms with Crippen molar-refractivity contribution in [3.63, 3.8) is 0 Å². The van der Waals surface area contributed by atoms with Crippen molar-refractivity contribution in [2.45, 2.75) is 38.6 Å². The Bertz CT molecular complexity index is 529. The summed E-state index contributed by atoms with van der Waals surface area (Å²) in [7, 11) is 2.13. The molecule has 2 heterocycles. The van der Waals surface area contributed by atoms with Crippen LogP contribution in [0.3, 0.4) is 0 Å². The number of hydrogen-bond acceptors (Lipinski definition) is 3. The highest BCUT2D eigenvalue weighted by Gasteiger charge is 2.19. The third kappa shape index (κ3) is 4.63. The zero-order chi connectivity index (χ0) is 16.9. The average molecular weight is 330 g/mol. The predicted molar refractivity (Wildman–Crippen MR) is 99.7 cm³/mol. The van der Waals surface area contributed by atoms with Crippen LogP contribution in [-0.2, 0) is 0 Å². The molecule has 2 fully saturated rings. The molecule has 0 aromatic heterocycles. The molecule has 0 saturated carbocycles. The summed E-state index contributed by atoms with van der Waals surface area (Å²) >= 11 is 0. The van der Waals surface area contributed by atoms with E-state index < -0.39 is 0 Å². The topological polar surface area (TPSA) is 47.6 Å². The fourth-order valence-corrected chi connectivity index (χ4v) is 3.53. The van der Waals surface area contributed by atoms with Gasteiger partial charge in [-0.3, -0.25) is 0 Å². The van der Waals surface area contributed by atoms with E-state index in [1.165, 1.54) is 18.5 Å². The highest BCUT2D eigenvalue weighted by molar-refractivity contribution is 5.89. The van der Waals surface area contributed by atoms with E-state index in [1.54, 1.807) is 0 Å². The van der Waals surface area contributed by atoms with Gasteiger partial charge in [0.25, 0.3) is 0 Å². The lowest BCUT2D eigenvalue weighted by molar-refractivity contribution is 0.221. The smallest absolute Gasteiger partial charge is 0.319 e. The van der Waals surface area contributed by atoms with E-state index in [2.05, 4.69) is 46.5 Å². The van der Waals surface area contributed by atoms with Crippen molar-refractivity contribution in [3.8, 4) is 0 Å². The first-order chi connectivity index (χ1) is 11.6. The van der Waals surface area contributed by atoms with Gasteiger partial charge >= 0.3 is 6.03 Å². The Hall–Kier alpha value is -1.75. The van der Waals surface area contributed by atoms with Crippen LogP contribution < -0.4 is 15.5 Å². The van der Waals surface area contributed by atoms with Crippen molar-refractivity contribution in [3.05, 3.63) is 24.3 Å². The van der Waals surface area contributed by atoms with Crippen molar-refractivity contribution >= 4 is 17.4 Å². The van der Waals surface area contributed by atoms with E-state index in [0.29, 0.717) is 0 Å². The second-order valence-electron chi connectivity index (χ2n) is 7.39. The maximum Gasteiger partial charge on any atom is 0.319 e. The third-order valence-corrected chi connectivity index (χ3v) is 5.33. The molecule has 132 valence electrons. The summed E-state index contributed by atoms with van der Waals surface area (Å²) in [4.78, 5) is 16.9. The zero-order valence-electron chi connectivity index (χ0n) is 14.9. The van der Waals surface area contributed by atoms with Crippen molar-refractivity contribution in [1.82, 2.24) is 10.2 Å². The van der Waals surface area contributed by atoms with Gasteiger partial charge in [0.05, 0.1) is 0 Å². The summed E-state index contributed by atoms with van der Waals surface area (Å²) in [5.41, 5.74) is 2.11. The summed E-state index contributed by atoms with van der Waals surface area (Å²) in [6, 6.07) is 8.42. The Labute approximate surface area is 145 Å². The zero-order valence-corrected chi connectivity index (χ0v) is 14.9. The molecule has 3 rings (SSSR count). The summed E-state index contributed by atoms with van der Waals surface area (Å²) in [6.45, 7) is 6.69. The number of rotatable bonds is 3. The number of likely N-dealkylation sites (tertiary alicyclic amines) is 1. The first-order valence-electron chi connectivity index (χ1n) is 9.21. The molecular formula is C19H30N4O. The Kier molecular flexibility index (Phi) is 5.61. The molecule has 2 amide bonds. The van der Waals surface area contributed by atoms with Crippen LogP contribution in [0.15, 0.2) is 24.3 Å². The molecule has 0 unspecified atom stereocenters. The first-order valence-corrected chi connectivity index (χ1v) is 9.21. The number of nitrogens with zero attached hydrogens (tertiary/aromatic N) is 2. The van der Waals surface area contributed by atoms with Crippen LogP contribution in [0.1, 0.15) is 32.6 Å². The second kappa shape index (κ2) is 7.88. The molecule has 2 saturated heterocycles. The van der Waals surface area contributed by atoms with Crippen LogP contribution in [0, 0.1) is 5.92 Å². The quantitative estimate of drug-likeness (QED) is 0.895. The maximum absolute atomic E-state index is 12.1. The minimum absolute atomic E-state index is 0.0934. The highest BCUT2D eigenvalue weighted by Crippen LogP contribution is 2.24. The lowest BCUT2D eigenvalue weighted by Crippen LogP contribution is -2.44. The molecule has 24 heavy (non-hydrogen) atoms. The van der Waals surface area contributed by atoms with E-state index in [9.17, 15) is 4.79 Å². The van der Waals surface area contributed by atoms with E-state index in [4.69, 9.17) is 0 Å². The number of carbonyl (C=O) groups excluding carboxylic acids is 1. The standard InChI is InChI=1S/C19H30N4O/c1-15-7-13-23(14-8-15)18-5-3-16(4-6-18)20-19(24)21-17-9-11-22(2)12-10-17/h3-6,15,17H,7-14H2,1-2H3,(H2,20,21,24). The van der Waals surface area contributed by atoms with Gasteiger partial charge in [-0.25, -0.2) is 4.79 Å². The Morgan fingerprint density at radius 1 is 1.00 bits per heavy atom. The number of nitrogens with one attached hydrogen (secondary N) is 2. The molecule has 0 atom stereocenters. The largest absolute Gasteiger partial charge is 0.372 e. The molecule has 2 N–H and O–H groups in total. The molecule has 1 aromatic rings. The summed E-state index contributed by atoms with van der Waals surface area (Å²) in [5, 5.41) is 6.04.